The Balaban J connectivity index is 2.13. The summed E-state index contributed by atoms with van der Waals surface area (Å²) < 4.78 is 0. The predicted molar refractivity (Wildman–Crippen MR) is 91.7 cm³/mol. The fourth-order valence-electron chi connectivity index (χ4n) is 5.55. The molecule has 2 aliphatic rings. The standard InChI is InChI=1S/C20H34O2/c1-14(13-18(21)22)7-9-16-15(2)8-10-17-19(3,4)11-6-12-20(16,17)5/h8,14,16-17H,6-7,9-13H2,1-5H3,(H,21,22). The zero-order valence-electron chi connectivity index (χ0n) is 15.1. The molecule has 0 amide bonds. The van der Waals surface area contributed by atoms with Gasteiger partial charge in [-0.25, -0.2) is 0 Å². The van der Waals surface area contributed by atoms with Crippen molar-refractivity contribution in [2.75, 3.05) is 0 Å². The molecule has 0 aromatic heterocycles. The molecule has 0 aromatic rings. The van der Waals surface area contributed by atoms with Gasteiger partial charge in [-0.15, -0.1) is 0 Å². The number of fused-ring (bicyclic) bond motifs is 1. The normalized spacial score (nSPS) is 35.4. The van der Waals surface area contributed by atoms with Crippen molar-refractivity contribution in [2.24, 2.45) is 28.6 Å². The van der Waals surface area contributed by atoms with Crippen LogP contribution >= 0.6 is 0 Å². The van der Waals surface area contributed by atoms with E-state index in [0.717, 1.165) is 18.8 Å². The van der Waals surface area contributed by atoms with Gasteiger partial charge in [0.25, 0.3) is 0 Å². The molecule has 0 heterocycles. The van der Waals surface area contributed by atoms with Crippen molar-refractivity contribution in [2.45, 2.75) is 79.6 Å². The van der Waals surface area contributed by atoms with Gasteiger partial charge in [0.1, 0.15) is 0 Å². The minimum Gasteiger partial charge on any atom is -0.481 e. The molecule has 126 valence electrons. The number of hydrogen-bond donors (Lipinski definition) is 1. The van der Waals surface area contributed by atoms with E-state index in [9.17, 15) is 4.79 Å². The zero-order valence-corrected chi connectivity index (χ0v) is 15.1. The minimum absolute atomic E-state index is 0.283. The molecule has 1 N–H and O–H groups in total. The Kier molecular flexibility index (Phi) is 5.09. The Bertz CT molecular complexity index is 449. The van der Waals surface area contributed by atoms with Crippen LogP contribution < -0.4 is 0 Å². The van der Waals surface area contributed by atoms with Gasteiger partial charge in [-0.05, 0) is 67.6 Å². The second-order valence-corrected chi connectivity index (χ2v) is 8.92. The second kappa shape index (κ2) is 6.37. The van der Waals surface area contributed by atoms with Crippen molar-refractivity contribution in [1.29, 1.82) is 0 Å². The smallest absolute Gasteiger partial charge is 0.303 e. The summed E-state index contributed by atoms with van der Waals surface area (Å²) in [5.74, 6) is 1.04. The summed E-state index contributed by atoms with van der Waals surface area (Å²) >= 11 is 0. The summed E-state index contributed by atoms with van der Waals surface area (Å²) in [6.07, 6.45) is 10.2. The molecular weight excluding hydrogens is 272 g/mol. The van der Waals surface area contributed by atoms with Crippen LogP contribution in [-0.2, 0) is 4.79 Å². The Labute approximate surface area is 136 Å². The van der Waals surface area contributed by atoms with Gasteiger partial charge >= 0.3 is 5.97 Å². The summed E-state index contributed by atoms with van der Waals surface area (Å²) in [6, 6.07) is 0. The molecular formula is C20H34O2. The van der Waals surface area contributed by atoms with Crippen LogP contribution in [0.3, 0.4) is 0 Å². The quantitative estimate of drug-likeness (QED) is 0.664. The van der Waals surface area contributed by atoms with Crippen LogP contribution in [0.2, 0.25) is 0 Å². The van der Waals surface area contributed by atoms with E-state index in [1.807, 2.05) is 0 Å². The van der Waals surface area contributed by atoms with Crippen molar-refractivity contribution in [3.05, 3.63) is 11.6 Å². The van der Waals surface area contributed by atoms with E-state index < -0.39 is 5.97 Å². The first-order valence-electron chi connectivity index (χ1n) is 9.05. The molecule has 2 nitrogen and oxygen atoms in total. The van der Waals surface area contributed by atoms with Crippen LogP contribution in [-0.4, -0.2) is 11.1 Å². The highest BCUT2D eigenvalue weighted by Crippen LogP contribution is 2.60. The van der Waals surface area contributed by atoms with Crippen molar-refractivity contribution in [3.8, 4) is 0 Å². The van der Waals surface area contributed by atoms with Gasteiger partial charge in [0, 0.05) is 6.42 Å². The second-order valence-electron chi connectivity index (χ2n) is 8.92. The molecule has 0 aliphatic heterocycles. The first-order valence-corrected chi connectivity index (χ1v) is 9.05. The number of carbonyl (C=O) groups is 1. The molecule has 22 heavy (non-hydrogen) atoms. The topological polar surface area (TPSA) is 37.3 Å². The minimum atomic E-state index is -0.661. The first kappa shape index (κ1) is 17.6. The van der Waals surface area contributed by atoms with Gasteiger partial charge < -0.3 is 5.11 Å². The average Bonchev–Trinajstić information content (AvgIpc) is 2.35. The lowest BCUT2D eigenvalue weighted by atomic mass is 9.48. The van der Waals surface area contributed by atoms with Crippen molar-refractivity contribution in [1.82, 2.24) is 0 Å². The molecule has 0 bridgehead atoms. The van der Waals surface area contributed by atoms with Gasteiger partial charge in [-0.1, -0.05) is 45.8 Å². The van der Waals surface area contributed by atoms with Crippen LogP contribution in [0.1, 0.15) is 79.6 Å². The highest BCUT2D eigenvalue weighted by molar-refractivity contribution is 5.66. The Morgan fingerprint density at radius 3 is 2.68 bits per heavy atom. The summed E-state index contributed by atoms with van der Waals surface area (Å²) in [5.41, 5.74) is 2.40. The lowest BCUT2D eigenvalue weighted by molar-refractivity contribution is -0.138. The zero-order chi connectivity index (χ0) is 16.5. The summed E-state index contributed by atoms with van der Waals surface area (Å²) in [6.45, 7) is 11.8. The largest absolute Gasteiger partial charge is 0.481 e. The molecule has 2 heteroatoms. The van der Waals surface area contributed by atoms with Gasteiger partial charge in [-0.2, -0.15) is 0 Å². The van der Waals surface area contributed by atoms with Crippen LogP contribution in [0.25, 0.3) is 0 Å². The summed E-state index contributed by atoms with van der Waals surface area (Å²) in [4.78, 5) is 10.9. The number of aliphatic carboxylic acids is 1. The first-order chi connectivity index (χ1) is 10.2. The van der Waals surface area contributed by atoms with Crippen molar-refractivity contribution < 1.29 is 9.90 Å². The molecule has 0 radical (unpaired) electrons. The molecule has 1 saturated carbocycles. The van der Waals surface area contributed by atoms with E-state index in [2.05, 4.69) is 40.7 Å². The van der Waals surface area contributed by atoms with E-state index in [1.165, 1.54) is 25.7 Å². The van der Waals surface area contributed by atoms with Gasteiger partial charge in [0.2, 0.25) is 0 Å². The summed E-state index contributed by atoms with van der Waals surface area (Å²) in [5, 5.41) is 8.97. The molecule has 0 aromatic carbocycles. The van der Waals surface area contributed by atoms with Crippen molar-refractivity contribution in [3.63, 3.8) is 0 Å². The molecule has 0 saturated heterocycles. The maximum Gasteiger partial charge on any atom is 0.303 e. The van der Waals surface area contributed by atoms with Gasteiger partial charge in [-0.3, -0.25) is 4.79 Å². The van der Waals surface area contributed by atoms with Crippen LogP contribution in [0.5, 0.6) is 0 Å². The molecule has 2 aliphatic carbocycles. The van der Waals surface area contributed by atoms with E-state index in [0.29, 0.717) is 23.2 Å². The molecule has 2 rings (SSSR count). The predicted octanol–water partition coefficient (Wildman–Crippen LogP) is 5.68. The number of rotatable bonds is 5. The molecule has 4 atom stereocenters. The van der Waals surface area contributed by atoms with E-state index in [1.54, 1.807) is 5.57 Å². The fraction of sp³-hybridized carbons (Fsp3) is 0.850. The lowest BCUT2D eigenvalue weighted by Gasteiger charge is -2.57. The van der Waals surface area contributed by atoms with Crippen LogP contribution in [0.15, 0.2) is 11.6 Å². The highest BCUT2D eigenvalue weighted by atomic mass is 16.4. The third kappa shape index (κ3) is 3.41. The molecule has 1 fully saturated rings. The van der Waals surface area contributed by atoms with E-state index >= 15 is 0 Å². The third-order valence-corrected chi connectivity index (χ3v) is 6.77. The Hall–Kier alpha value is -0.790. The highest BCUT2D eigenvalue weighted by Gasteiger charge is 2.51. The number of carboxylic acids is 1. The SMILES string of the molecule is CC1=CCC2C(C)(C)CCCC2(C)C1CCC(C)CC(=O)O. The van der Waals surface area contributed by atoms with Crippen molar-refractivity contribution >= 4 is 5.97 Å². The van der Waals surface area contributed by atoms with Crippen LogP contribution in [0, 0.1) is 28.6 Å². The maximum absolute atomic E-state index is 10.9. The summed E-state index contributed by atoms with van der Waals surface area (Å²) in [7, 11) is 0. The maximum atomic E-state index is 10.9. The van der Waals surface area contributed by atoms with Crippen LogP contribution in [0.4, 0.5) is 0 Å². The third-order valence-electron chi connectivity index (χ3n) is 6.77. The number of allylic oxidation sites excluding steroid dienone is 2. The average molecular weight is 306 g/mol. The molecule has 4 unspecified atom stereocenters. The monoisotopic (exact) mass is 306 g/mol. The fourth-order valence-corrected chi connectivity index (χ4v) is 5.55. The van der Waals surface area contributed by atoms with Gasteiger partial charge in [0.15, 0.2) is 0 Å². The molecule has 0 spiro atoms. The van der Waals surface area contributed by atoms with E-state index in [-0.39, 0.29) is 5.92 Å². The van der Waals surface area contributed by atoms with E-state index in [4.69, 9.17) is 5.11 Å². The lowest BCUT2D eigenvalue weighted by Crippen LogP contribution is -2.48. The van der Waals surface area contributed by atoms with Gasteiger partial charge in [0.05, 0.1) is 0 Å². The number of carboxylic acid groups (broad SMARTS) is 1. The Morgan fingerprint density at radius 1 is 1.36 bits per heavy atom. The number of hydrogen-bond acceptors (Lipinski definition) is 1. The Morgan fingerprint density at radius 2 is 2.05 bits per heavy atom.